The fraction of sp³-hybridized carbons (Fsp3) is 0.333. The summed E-state index contributed by atoms with van der Waals surface area (Å²) in [4.78, 5) is 8.60. The van der Waals surface area contributed by atoms with E-state index in [1.165, 1.54) is 0 Å². The lowest BCUT2D eigenvalue weighted by atomic mass is 10.1. The molecule has 2 rings (SSSR count). The highest BCUT2D eigenvalue weighted by molar-refractivity contribution is 5.41. The van der Waals surface area contributed by atoms with Crippen LogP contribution in [0.25, 0.3) is 0 Å². The molecule has 0 radical (unpaired) electrons. The van der Waals surface area contributed by atoms with Crippen molar-refractivity contribution in [3.63, 3.8) is 0 Å². The highest BCUT2D eigenvalue weighted by Gasteiger charge is 2.11. The maximum atomic E-state index is 5.85. The number of aryl methyl sites for hydroxylation is 1. The summed E-state index contributed by atoms with van der Waals surface area (Å²) >= 11 is 0. The predicted octanol–water partition coefficient (Wildman–Crippen LogP) is 2.30. The Morgan fingerprint density at radius 3 is 2.65 bits per heavy atom. The van der Waals surface area contributed by atoms with Gasteiger partial charge in [-0.15, -0.1) is 0 Å². The lowest BCUT2D eigenvalue weighted by Gasteiger charge is -2.18. The van der Waals surface area contributed by atoms with E-state index >= 15 is 0 Å². The van der Waals surface area contributed by atoms with E-state index in [0.717, 1.165) is 11.4 Å². The van der Waals surface area contributed by atoms with Crippen LogP contribution in [0, 0.1) is 6.92 Å². The summed E-state index contributed by atoms with van der Waals surface area (Å²) in [5.41, 5.74) is 6.98. The highest BCUT2D eigenvalue weighted by Crippen LogP contribution is 2.20. The van der Waals surface area contributed by atoms with Gasteiger partial charge in [0.05, 0.1) is 12.6 Å². The molecule has 0 bridgehead atoms. The Kier molecular flexibility index (Phi) is 4.90. The van der Waals surface area contributed by atoms with E-state index in [4.69, 9.17) is 10.5 Å². The van der Waals surface area contributed by atoms with E-state index in [1.54, 1.807) is 6.07 Å². The first-order valence-electron chi connectivity index (χ1n) is 6.73. The number of aromatic nitrogens is 2. The number of hydrogen-bond acceptors (Lipinski definition) is 5. The standard InChI is InChI=1S/C15H20N4O/c1-3-20-15-9-14(17-11(2)18-15)19-13(10-16)12-7-5-4-6-8-12/h4-9,13H,3,10,16H2,1-2H3,(H,17,18,19). The van der Waals surface area contributed by atoms with Gasteiger partial charge in [-0.05, 0) is 19.4 Å². The van der Waals surface area contributed by atoms with Gasteiger partial charge in [-0.25, -0.2) is 4.98 Å². The third kappa shape index (κ3) is 3.68. The maximum Gasteiger partial charge on any atom is 0.218 e. The SMILES string of the molecule is CCOc1cc(NC(CN)c2ccccc2)nc(C)n1. The van der Waals surface area contributed by atoms with Crippen LogP contribution in [0.1, 0.15) is 24.4 Å². The summed E-state index contributed by atoms with van der Waals surface area (Å²) in [6.07, 6.45) is 0. The Morgan fingerprint density at radius 2 is 2.00 bits per heavy atom. The number of nitrogens with one attached hydrogen (secondary N) is 1. The third-order valence-corrected chi connectivity index (χ3v) is 2.87. The van der Waals surface area contributed by atoms with Crippen LogP contribution >= 0.6 is 0 Å². The van der Waals surface area contributed by atoms with Gasteiger partial charge in [0.15, 0.2) is 0 Å². The van der Waals surface area contributed by atoms with Gasteiger partial charge in [0.25, 0.3) is 0 Å². The van der Waals surface area contributed by atoms with E-state index < -0.39 is 0 Å². The molecule has 5 nitrogen and oxygen atoms in total. The van der Waals surface area contributed by atoms with E-state index in [0.29, 0.717) is 24.9 Å². The number of nitrogens with zero attached hydrogens (tertiary/aromatic N) is 2. The van der Waals surface area contributed by atoms with E-state index in [9.17, 15) is 0 Å². The average molecular weight is 272 g/mol. The molecule has 0 aliphatic heterocycles. The van der Waals surface area contributed by atoms with Crippen molar-refractivity contribution < 1.29 is 4.74 Å². The fourth-order valence-corrected chi connectivity index (χ4v) is 1.98. The van der Waals surface area contributed by atoms with E-state index in [2.05, 4.69) is 15.3 Å². The van der Waals surface area contributed by atoms with Crippen molar-refractivity contribution in [2.45, 2.75) is 19.9 Å². The molecule has 0 fully saturated rings. The Balaban J connectivity index is 2.19. The number of anilines is 1. The van der Waals surface area contributed by atoms with Crippen LogP contribution in [0.5, 0.6) is 5.88 Å². The summed E-state index contributed by atoms with van der Waals surface area (Å²) in [5, 5.41) is 3.33. The summed E-state index contributed by atoms with van der Waals surface area (Å²) in [7, 11) is 0. The van der Waals surface area contributed by atoms with Crippen LogP contribution in [-0.4, -0.2) is 23.1 Å². The number of rotatable bonds is 6. The molecule has 1 unspecified atom stereocenters. The van der Waals surface area contributed by atoms with Crippen LogP contribution in [0.15, 0.2) is 36.4 Å². The molecule has 2 aromatic rings. The highest BCUT2D eigenvalue weighted by atomic mass is 16.5. The molecule has 1 aromatic carbocycles. The minimum atomic E-state index is 0.0139. The van der Waals surface area contributed by atoms with Crippen LogP contribution in [0.3, 0.4) is 0 Å². The van der Waals surface area contributed by atoms with Crippen LogP contribution in [0.2, 0.25) is 0 Å². The molecule has 0 aliphatic carbocycles. The van der Waals surface area contributed by atoms with Crippen LogP contribution in [0.4, 0.5) is 5.82 Å². The first kappa shape index (κ1) is 14.3. The zero-order valence-electron chi connectivity index (χ0n) is 11.8. The molecule has 3 N–H and O–H groups in total. The van der Waals surface area contributed by atoms with E-state index in [-0.39, 0.29) is 6.04 Å². The summed E-state index contributed by atoms with van der Waals surface area (Å²) in [5.74, 6) is 1.97. The Bertz CT molecular complexity index is 545. The first-order chi connectivity index (χ1) is 9.72. The molecule has 0 aliphatic rings. The van der Waals surface area contributed by atoms with E-state index in [1.807, 2.05) is 44.2 Å². The third-order valence-electron chi connectivity index (χ3n) is 2.87. The van der Waals surface area contributed by atoms with Crippen molar-refractivity contribution in [1.82, 2.24) is 9.97 Å². The van der Waals surface area contributed by atoms with Crippen molar-refractivity contribution in [1.29, 1.82) is 0 Å². The van der Waals surface area contributed by atoms with Crippen molar-refractivity contribution >= 4 is 5.82 Å². The number of nitrogens with two attached hydrogens (primary N) is 1. The summed E-state index contributed by atoms with van der Waals surface area (Å²) in [6, 6.07) is 11.9. The largest absolute Gasteiger partial charge is 0.478 e. The second-order valence-electron chi connectivity index (χ2n) is 4.41. The predicted molar refractivity (Wildman–Crippen MR) is 79.8 cm³/mol. The van der Waals surface area contributed by atoms with Gasteiger partial charge < -0.3 is 15.8 Å². The quantitative estimate of drug-likeness (QED) is 0.844. The van der Waals surface area contributed by atoms with Crippen molar-refractivity contribution in [3.8, 4) is 5.88 Å². The molecule has 0 saturated carbocycles. The minimum absolute atomic E-state index is 0.0139. The van der Waals surface area contributed by atoms with Gasteiger partial charge in [0.2, 0.25) is 5.88 Å². The molecule has 0 amide bonds. The Labute approximate surface area is 119 Å². The second kappa shape index (κ2) is 6.86. The van der Waals surface area contributed by atoms with Gasteiger partial charge in [0.1, 0.15) is 11.6 Å². The lowest BCUT2D eigenvalue weighted by Crippen LogP contribution is -2.21. The molecular formula is C15H20N4O. The van der Waals surface area contributed by atoms with Crippen molar-refractivity contribution in [2.75, 3.05) is 18.5 Å². The molecule has 1 atom stereocenters. The molecule has 1 heterocycles. The first-order valence-corrected chi connectivity index (χ1v) is 6.73. The topological polar surface area (TPSA) is 73.1 Å². The van der Waals surface area contributed by atoms with Crippen LogP contribution in [-0.2, 0) is 0 Å². The zero-order chi connectivity index (χ0) is 14.4. The Morgan fingerprint density at radius 1 is 1.25 bits per heavy atom. The molecule has 106 valence electrons. The van der Waals surface area contributed by atoms with Gasteiger partial charge in [0, 0.05) is 12.6 Å². The second-order valence-corrected chi connectivity index (χ2v) is 4.41. The van der Waals surface area contributed by atoms with Crippen molar-refractivity contribution in [3.05, 3.63) is 47.8 Å². The fourth-order valence-electron chi connectivity index (χ4n) is 1.98. The molecule has 0 saturated heterocycles. The maximum absolute atomic E-state index is 5.85. The van der Waals surface area contributed by atoms with Crippen molar-refractivity contribution in [2.24, 2.45) is 5.73 Å². The average Bonchev–Trinajstić information content (AvgIpc) is 2.45. The summed E-state index contributed by atoms with van der Waals surface area (Å²) < 4.78 is 5.43. The van der Waals surface area contributed by atoms with Gasteiger partial charge in [-0.2, -0.15) is 4.98 Å². The Hall–Kier alpha value is -2.14. The smallest absolute Gasteiger partial charge is 0.218 e. The van der Waals surface area contributed by atoms with Gasteiger partial charge >= 0.3 is 0 Å². The number of hydrogen-bond donors (Lipinski definition) is 2. The lowest BCUT2D eigenvalue weighted by molar-refractivity contribution is 0.325. The van der Waals surface area contributed by atoms with Gasteiger partial charge in [-0.1, -0.05) is 30.3 Å². The van der Waals surface area contributed by atoms with Crippen LogP contribution < -0.4 is 15.8 Å². The molecule has 1 aromatic heterocycles. The number of ether oxygens (including phenoxy) is 1. The summed E-state index contributed by atoms with van der Waals surface area (Å²) in [6.45, 7) is 4.83. The molecule has 20 heavy (non-hydrogen) atoms. The monoisotopic (exact) mass is 272 g/mol. The zero-order valence-corrected chi connectivity index (χ0v) is 11.8. The molecule has 5 heteroatoms. The minimum Gasteiger partial charge on any atom is -0.478 e. The van der Waals surface area contributed by atoms with Gasteiger partial charge in [-0.3, -0.25) is 0 Å². The molecule has 0 spiro atoms. The molecular weight excluding hydrogens is 252 g/mol. The number of benzene rings is 1. The normalized spacial score (nSPS) is 11.9.